The summed E-state index contributed by atoms with van der Waals surface area (Å²) in [5.41, 5.74) is 1.49. The number of hydrogen-bond donors (Lipinski definition) is 3. The van der Waals surface area contributed by atoms with Crippen LogP contribution in [0.3, 0.4) is 0 Å². The van der Waals surface area contributed by atoms with Crippen molar-refractivity contribution in [2.45, 2.75) is 27.2 Å². The lowest BCUT2D eigenvalue weighted by Gasteiger charge is -2.13. The van der Waals surface area contributed by atoms with Crippen molar-refractivity contribution in [2.75, 3.05) is 26.9 Å². The van der Waals surface area contributed by atoms with Gasteiger partial charge in [-0.05, 0) is 24.2 Å². The number of para-hydroxylation sites is 1. The van der Waals surface area contributed by atoms with Crippen molar-refractivity contribution < 1.29 is 44.1 Å². The molecule has 10 nitrogen and oxygen atoms in total. The maximum absolute atomic E-state index is 12.2. The minimum Gasteiger partial charge on any atom is -0.539 e. The van der Waals surface area contributed by atoms with Crippen LogP contribution in [-0.4, -0.2) is 55.5 Å². The number of benzene rings is 1. The fraction of sp³-hybridized carbons (Fsp3) is 0.444. The Balaban J connectivity index is 0.00000105. The zero-order chi connectivity index (χ0) is 21.5. The second kappa shape index (κ2) is 13.8. The molecule has 3 N–H and O–H groups in total. The van der Waals surface area contributed by atoms with Crippen molar-refractivity contribution in [3.05, 3.63) is 23.8 Å². The fourth-order valence-corrected chi connectivity index (χ4v) is 1.71. The quantitative estimate of drug-likeness (QED) is 0.198. The maximum Gasteiger partial charge on any atom is 0.351 e. The van der Waals surface area contributed by atoms with E-state index in [2.05, 4.69) is 10.5 Å². The molecule has 0 unspecified atom stereocenters. The molecule has 10 heteroatoms. The van der Waals surface area contributed by atoms with Crippen LogP contribution < -0.4 is 25.1 Å². The van der Waals surface area contributed by atoms with Crippen molar-refractivity contribution in [2.24, 2.45) is 0 Å². The van der Waals surface area contributed by atoms with Gasteiger partial charge in [0.2, 0.25) is 0 Å². The van der Waals surface area contributed by atoms with E-state index in [9.17, 15) is 4.79 Å². The number of nitrogens with one attached hydrogen (secondary N) is 2. The topological polar surface area (TPSA) is 148 Å². The molecule has 0 saturated heterocycles. The van der Waals surface area contributed by atoms with Crippen molar-refractivity contribution in [1.29, 1.82) is 0 Å². The normalized spacial score (nSPS) is 10.2. The molecular weight excluding hydrogens is 372 g/mol. The summed E-state index contributed by atoms with van der Waals surface area (Å²) in [6.07, 6.45) is 0.897. The third-order valence-corrected chi connectivity index (χ3v) is 3.17. The van der Waals surface area contributed by atoms with E-state index < -0.39 is 11.9 Å². The first-order chi connectivity index (χ1) is 13.3. The molecule has 0 saturated carbocycles. The Kier molecular flexibility index (Phi) is 12.2. The van der Waals surface area contributed by atoms with Crippen LogP contribution in [0.2, 0.25) is 0 Å². The van der Waals surface area contributed by atoms with Crippen molar-refractivity contribution in [3.63, 3.8) is 0 Å². The number of hydrogen-bond acceptors (Lipinski definition) is 7. The molecule has 28 heavy (non-hydrogen) atoms. The van der Waals surface area contributed by atoms with E-state index in [0.717, 1.165) is 12.1 Å². The van der Waals surface area contributed by atoms with Gasteiger partial charge in [0.25, 0.3) is 5.91 Å². The summed E-state index contributed by atoms with van der Waals surface area (Å²) in [5, 5.41) is 21.9. The zero-order valence-electron chi connectivity index (χ0n) is 16.4. The third kappa shape index (κ3) is 9.41. The number of ether oxygens (including phenoxy) is 2. The standard InChI is InChI=1S/C16H24N2O4.C2H2O4/c1-5-12(3)18-22-11-10-17-16(19)13-8-7-9-14(20-4)15(13)21-6-2;3-1(4)2(5)6/h7-9H,5-6,10-11H2,1-4H3,(H,17,19);(H,3,4)(H,5,6)/b18-12+;. The molecule has 0 atom stereocenters. The van der Waals surface area contributed by atoms with Crippen molar-refractivity contribution in [3.8, 4) is 11.5 Å². The monoisotopic (exact) mass is 398 g/mol. The highest BCUT2D eigenvalue weighted by Crippen LogP contribution is 2.30. The summed E-state index contributed by atoms with van der Waals surface area (Å²) in [7, 11) is 1.55. The molecule has 0 spiro atoms. The SMILES string of the molecule is CCOc1c(OC)cccc1C(=O)NCCO/[NH+]=C(\C)CC.O=C([O-])C(=O)O. The number of rotatable bonds is 9. The number of methoxy groups -OCH3 is 1. The first kappa shape index (κ1) is 24.7. The predicted octanol–water partition coefficient (Wildman–Crippen LogP) is -1.47. The molecule has 0 aliphatic heterocycles. The number of aliphatic carboxylic acids is 2. The number of carboxylic acid groups (broad SMARTS) is 2. The van der Waals surface area contributed by atoms with Gasteiger partial charge in [0.15, 0.2) is 29.8 Å². The minimum absolute atomic E-state index is 0.220. The van der Waals surface area contributed by atoms with Crippen LogP contribution in [-0.2, 0) is 14.4 Å². The van der Waals surface area contributed by atoms with Gasteiger partial charge in [-0.1, -0.05) is 13.0 Å². The molecule has 0 radical (unpaired) electrons. The van der Waals surface area contributed by atoms with Gasteiger partial charge in [-0.2, -0.15) is 0 Å². The Morgan fingerprint density at radius 2 is 1.89 bits per heavy atom. The molecule has 0 fully saturated rings. The lowest BCUT2D eigenvalue weighted by atomic mass is 10.1. The lowest BCUT2D eigenvalue weighted by molar-refractivity contribution is -0.753. The van der Waals surface area contributed by atoms with Crippen molar-refractivity contribution in [1.82, 2.24) is 5.32 Å². The molecule has 0 aliphatic rings. The van der Waals surface area contributed by atoms with E-state index in [0.29, 0.717) is 36.8 Å². The second-order valence-corrected chi connectivity index (χ2v) is 5.20. The number of amides is 1. The van der Waals surface area contributed by atoms with Gasteiger partial charge >= 0.3 is 5.97 Å². The van der Waals surface area contributed by atoms with E-state index in [-0.39, 0.29) is 5.91 Å². The Labute approximate surface area is 163 Å². The van der Waals surface area contributed by atoms with E-state index in [4.69, 9.17) is 34.1 Å². The van der Waals surface area contributed by atoms with Crippen LogP contribution in [0.4, 0.5) is 0 Å². The number of carboxylic acids is 2. The highest BCUT2D eigenvalue weighted by molar-refractivity contribution is 6.26. The highest BCUT2D eigenvalue weighted by atomic mass is 16.6. The van der Waals surface area contributed by atoms with Gasteiger partial charge < -0.3 is 29.8 Å². The Hall–Kier alpha value is -3.30. The second-order valence-electron chi connectivity index (χ2n) is 5.20. The van der Waals surface area contributed by atoms with Crippen LogP contribution in [0.5, 0.6) is 11.5 Å². The van der Waals surface area contributed by atoms with Crippen LogP contribution in [0.15, 0.2) is 18.2 Å². The molecule has 1 amide bonds. The van der Waals surface area contributed by atoms with Gasteiger partial charge in [-0.3, -0.25) is 9.63 Å². The molecule has 1 aromatic rings. The zero-order valence-corrected chi connectivity index (χ0v) is 16.4. The maximum atomic E-state index is 12.2. The first-order valence-electron chi connectivity index (χ1n) is 8.50. The number of carbonyl (C=O) groups excluding carboxylic acids is 2. The van der Waals surface area contributed by atoms with Gasteiger partial charge in [0, 0.05) is 13.3 Å². The highest BCUT2D eigenvalue weighted by Gasteiger charge is 2.16. The van der Waals surface area contributed by atoms with Crippen LogP contribution in [0.1, 0.15) is 37.6 Å². The van der Waals surface area contributed by atoms with Gasteiger partial charge in [-0.15, -0.1) is 0 Å². The van der Waals surface area contributed by atoms with Crippen molar-refractivity contribution >= 4 is 23.6 Å². The number of carbonyl (C=O) groups is 3. The van der Waals surface area contributed by atoms with Gasteiger partial charge in [0.05, 0.1) is 25.8 Å². The van der Waals surface area contributed by atoms with E-state index >= 15 is 0 Å². The fourth-order valence-electron chi connectivity index (χ4n) is 1.71. The van der Waals surface area contributed by atoms with Crippen LogP contribution in [0.25, 0.3) is 0 Å². The average Bonchev–Trinajstić information content (AvgIpc) is 2.68. The molecule has 1 rings (SSSR count). The summed E-state index contributed by atoms with van der Waals surface area (Å²) in [6.45, 7) is 7.07. The van der Waals surface area contributed by atoms with E-state index in [1.54, 1.807) is 25.3 Å². The molecule has 0 aromatic heterocycles. The Morgan fingerprint density at radius 3 is 2.39 bits per heavy atom. The molecule has 0 aliphatic carbocycles. The summed E-state index contributed by atoms with van der Waals surface area (Å²) in [4.78, 5) is 35.5. The van der Waals surface area contributed by atoms with Gasteiger partial charge in [0.1, 0.15) is 0 Å². The Morgan fingerprint density at radius 1 is 1.25 bits per heavy atom. The molecular formula is C18H26N2O8. The summed E-state index contributed by atoms with van der Waals surface area (Å²) < 4.78 is 10.7. The predicted molar refractivity (Wildman–Crippen MR) is 97.0 cm³/mol. The van der Waals surface area contributed by atoms with E-state index in [1.807, 2.05) is 20.8 Å². The lowest BCUT2D eigenvalue weighted by Crippen LogP contribution is -2.71. The largest absolute Gasteiger partial charge is 0.539 e. The minimum atomic E-state index is -2.07. The van der Waals surface area contributed by atoms with Crippen LogP contribution in [0, 0.1) is 0 Å². The van der Waals surface area contributed by atoms with Gasteiger partial charge in [-0.25, -0.2) is 4.79 Å². The molecule has 1 aromatic carbocycles. The summed E-state index contributed by atoms with van der Waals surface area (Å²) in [6, 6.07) is 5.23. The summed E-state index contributed by atoms with van der Waals surface area (Å²) in [5.74, 6) is -3.23. The molecule has 0 heterocycles. The van der Waals surface area contributed by atoms with E-state index in [1.165, 1.54) is 0 Å². The summed E-state index contributed by atoms with van der Waals surface area (Å²) >= 11 is 0. The molecule has 0 bridgehead atoms. The first-order valence-corrected chi connectivity index (χ1v) is 8.50. The smallest absolute Gasteiger partial charge is 0.351 e. The van der Waals surface area contributed by atoms with Crippen LogP contribution >= 0.6 is 0 Å². The average molecular weight is 398 g/mol. The molecule has 156 valence electrons. The third-order valence-electron chi connectivity index (χ3n) is 3.17. The Bertz CT molecular complexity index is 676.